The first-order chi connectivity index (χ1) is 10.2. The van der Waals surface area contributed by atoms with Crippen LogP contribution in [0.25, 0.3) is 0 Å². The lowest BCUT2D eigenvalue weighted by Crippen LogP contribution is -2.22. The van der Waals surface area contributed by atoms with E-state index in [1.165, 1.54) is 32.1 Å². The summed E-state index contributed by atoms with van der Waals surface area (Å²) in [5.41, 5.74) is 0. The third-order valence-corrected chi connectivity index (χ3v) is 5.40. The minimum Gasteiger partial charge on any atom is -0.300 e. The Bertz CT molecular complexity index is 440. The van der Waals surface area contributed by atoms with E-state index in [9.17, 15) is 4.79 Å². The van der Waals surface area contributed by atoms with Crippen molar-refractivity contribution in [3.05, 3.63) is 5.01 Å². The highest BCUT2D eigenvalue weighted by atomic mass is 32.1. The number of hydrogen-bond acceptors (Lipinski definition) is 4. The molecule has 1 atom stereocenters. The molecule has 2 rings (SSSR count). The van der Waals surface area contributed by atoms with Gasteiger partial charge in [0.15, 0.2) is 0 Å². The van der Waals surface area contributed by atoms with Gasteiger partial charge in [-0.15, -0.1) is 10.2 Å². The number of nitrogens with one attached hydrogen (secondary N) is 1. The second-order valence-electron chi connectivity index (χ2n) is 6.02. The Hall–Kier alpha value is -0.970. The molecular weight excluding hydrogens is 282 g/mol. The van der Waals surface area contributed by atoms with Gasteiger partial charge in [-0.2, -0.15) is 0 Å². The van der Waals surface area contributed by atoms with E-state index in [1.54, 1.807) is 11.3 Å². The Labute approximate surface area is 131 Å². The molecule has 0 aromatic carbocycles. The van der Waals surface area contributed by atoms with Crippen LogP contribution in [0.1, 0.15) is 82.6 Å². The predicted molar refractivity (Wildman–Crippen MR) is 87.7 cm³/mol. The lowest BCUT2D eigenvalue weighted by molar-refractivity contribution is -0.120. The Kier molecular flexibility index (Phi) is 6.61. The van der Waals surface area contributed by atoms with Gasteiger partial charge in [0.1, 0.15) is 5.01 Å². The van der Waals surface area contributed by atoms with Crippen LogP contribution in [-0.2, 0) is 4.79 Å². The molecule has 1 aliphatic carbocycles. The highest BCUT2D eigenvalue weighted by Gasteiger charge is 2.21. The molecule has 0 aliphatic heterocycles. The summed E-state index contributed by atoms with van der Waals surface area (Å²) in [6.07, 6.45) is 10.5. The minimum absolute atomic E-state index is 0.104. The summed E-state index contributed by atoms with van der Waals surface area (Å²) in [6, 6.07) is 0. The van der Waals surface area contributed by atoms with Gasteiger partial charge in [0, 0.05) is 11.8 Å². The quantitative estimate of drug-likeness (QED) is 0.791. The maximum atomic E-state index is 12.3. The molecule has 1 heterocycles. The zero-order chi connectivity index (χ0) is 15.1. The lowest BCUT2D eigenvalue weighted by atomic mass is 9.90. The summed E-state index contributed by atoms with van der Waals surface area (Å²) in [5.74, 6) is 0.772. The van der Waals surface area contributed by atoms with Gasteiger partial charge in [0.05, 0.1) is 0 Å². The second-order valence-corrected chi connectivity index (χ2v) is 7.03. The van der Waals surface area contributed by atoms with Crippen molar-refractivity contribution < 1.29 is 4.79 Å². The molecule has 1 amide bonds. The SMILES string of the molecule is CCCC[C@H](CC)C(=O)Nc1nnc(C2CCCCC2)s1. The molecule has 0 bridgehead atoms. The van der Waals surface area contributed by atoms with Crippen LogP contribution in [0.15, 0.2) is 0 Å². The second kappa shape index (κ2) is 8.47. The number of anilines is 1. The van der Waals surface area contributed by atoms with Crippen molar-refractivity contribution >= 4 is 22.4 Å². The van der Waals surface area contributed by atoms with Crippen LogP contribution in [0.5, 0.6) is 0 Å². The van der Waals surface area contributed by atoms with E-state index in [4.69, 9.17) is 0 Å². The van der Waals surface area contributed by atoms with Crippen LogP contribution in [0, 0.1) is 5.92 Å². The van der Waals surface area contributed by atoms with Gasteiger partial charge in [-0.1, -0.05) is 57.3 Å². The highest BCUT2D eigenvalue weighted by Crippen LogP contribution is 2.35. The Morgan fingerprint density at radius 1 is 1.29 bits per heavy atom. The highest BCUT2D eigenvalue weighted by molar-refractivity contribution is 7.15. The van der Waals surface area contributed by atoms with Crippen molar-refractivity contribution in [3.63, 3.8) is 0 Å². The van der Waals surface area contributed by atoms with E-state index >= 15 is 0 Å². The van der Waals surface area contributed by atoms with E-state index < -0.39 is 0 Å². The van der Waals surface area contributed by atoms with Gasteiger partial charge in [-0.3, -0.25) is 4.79 Å². The number of carbonyl (C=O) groups excluding carboxylic acids is 1. The Morgan fingerprint density at radius 3 is 2.71 bits per heavy atom. The molecule has 4 nitrogen and oxygen atoms in total. The van der Waals surface area contributed by atoms with Crippen molar-refractivity contribution in [2.45, 2.75) is 77.6 Å². The predicted octanol–water partition coefficient (Wildman–Crippen LogP) is 4.74. The van der Waals surface area contributed by atoms with Gasteiger partial charge in [-0.05, 0) is 25.7 Å². The fourth-order valence-corrected chi connectivity index (χ4v) is 3.89. The van der Waals surface area contributed by atoms with Crippen LogP contribution in [0.3, 0.4) is 0 Å². The number of nitrogens with zero attached hydrogens (tertiary/aromatic N) is 2. The number of unbranched alkanes of at least 4 members (excludes halogenated alkanes) is 1. The minimum atomic E-state index is 0.104. The van der Waals surface area contributed by atoms with Crippen LogP contribution in [0.4, 0.5) is 5.13 Å². The first kappa shape index (κ1) is 16.4. The summed E-state index contributed by atoms with van der Waals surface area (Å²) < 4.78 is 0. The Balaban J connectivity index is 1.90. The van der Waals surface area contributed by atoms with Crippen LogP contribution < -0.4 is 5.32 Å². The van der Waals surface area contributed by atoms with Crippen molar-refractivity contribution in [2.75, 3.05) is 5.32 Å². The monoisotopic (exact) mass is 309 g/mol. The van der Waals surface area contributed by atoms with Crippen molar-refractivity contribution in [3.8, 4) is 0 Å². The maximum Gasteiger partial charge on any atom is 0.229 e. The van der Waals surface area contributed by atoms with E-state index in [0.717, 1.165) is 30.7 Å². The number of hydrogen-bond donors (Lipinski definition) is 1. The topological polar surface area (TPSA) is 54.9 Å². The normalized spacial score (nSPS) is 17.6. The third kappa shape index (κ3) is 4.77. The summed E-state index contributed by atoms with van der Waals surface area (Å²) >= 11 is 1.57. The van der Waals surface area contributed by atoms with E-state index in [2.05, 4.69) is 29.4 Å². The summed E-state index contributed by atoms with van der Waals surface area (Å²) in [7, 11) is 0. The average molecular weight is 309 g/mol. The smallest absolute Gasteiger partial charge is 0.229 e. The van der Waals surface area contributed by atoms with Gasteiger partial charge in [-0.25, -0.2) is 0 Å². The molecule has 21 heavy (non-hydrogen) atoms. The standard InChI is InChI=1S/C16H27N3OS/c1-3-5-9-12(4-2)14(20)17-16-19-18-15(21-16)13-10-7-6-8-11-13/h12-13H,3-11H2,1-2H3,(H,17,19,20)/t12-/m0/s1. The molecule has 1 aromatic rings. The van der Waals surface area contributed by atoms with E-state index in [1.807, 2.05) is 0 Å². The molecule has 0 saturated heterocycles. The summed E-state index contributed by atoms with van der Waals surface area (Å²) in [5, 5.41) is 13.2. The van der Waals surface area contributed by atoms with Gasteiger partial charge in [0.2, 0.25) is 11.0 Å². The van der Waals surface area contributed by atoms with E-state index in [-0.39, 0.29) is 11.8 Å². The zero-order valence-electron chi connectivity index (χ0n) is 13.2. The molecule has 1 N–H and O–H groups in total. The fourth-order valence-electron chi connectivity index (χ4n) is 2.98. The first-order valence-electron chi connectivity index (χ1n) is 8.38. The molecule has 1 aliphatic rings. The number of amides is 1. The molecule has 1 fully saturated rings. The fraction of sp³-hybridized carbons (Fsp3) is 0.812. The molecule has 0 radical (unpaired) electrons. The third-order valence-electron chi connectivity index (χ3n) is 4.39. The largest absolute Gasteiger partial charge is 0.300 e. The molecule has 1 aromatic heterocycles. The van der Waals surface area contributed by atoms with Crippen molar-refractivity contribution in [1.29, 1.82) is 0 Å². The van der Waals surface area contributed by atoms with E-state index in [0.29, 0.717) is 11.0 Å². The number of aromatic nitrogens is 2. The number of rotatable bonds is 7. The molecule has 118 valence electrons. The van der Waals surface area contributed by atoms with Crippen LogP contribution in [0.2, 0.25) is 0 Å². The molecule has 5 heteroatoms. The van der Waals surface area contributed by atoms with Crippen LogP contribution in [-0.4, -0.2) is 16.1 Å². The zero-order valence-corrected chi connectivity index (χ0v) is 14.0. The Morgan fingerprint density at radius 2 is 2.05 bits per heavy atom. The maximum absolute atomic E-state index is 12.3. The van der Waals surface area contributed by atoms with Gasteiger partial charge >= 0.3 is 0 Å². The van der Waals surface area contributed by atoms with Crippen LogP contribution >= 0.6 is 11.3 Å². The molecular formula is C16H27N3OS. The molecule has 0 spiro atoms. The molecule has 0 unspecified atom stereocenters. The summed E-state index contributed by atoms with van der Waals surface area (Å²) in [6.45, 7) is 4.24. The van der Waals surface area contributed by atoms with Crippen molar-refractivity contribution in [1.82, 2.24) is 10.2 Å². The first-order valence-corrected chi connectivity index (χ1v) is 9.20. The van der Waals surface area contributed by atoms with Gasteiger partial charge in [0.25, 0.3) is 0 Å². The average Bonchev–Trinajstić information content (AvgIpc) is 2.97. The van der Waals surface area contributed by atoms with Gasteiger partial charge < -0.3 is 5.32 Å². The van der Waals surface area contributed by atoms with Crippen molar-refractivity contribution in [2.24, 2.45) is 5.92 Å². The lowest BCUT2D eigenvalue weighted by Gasteiger charge is -2.18. The summed E-state index contributed by atoms with van der Waals surface area (Å²) in [4.78, 5) is 12.3. The number of carbonyl (C=O) groups is 1. The molecule has 1 saturated carbocycles.